The monoisotopic (exact) mass is 359 g/mol. The van der Waals surface area contributed by atoms with Gasteiger partial charge in [0.15, 0.2) is 0 Å². The molecular weight excluding hydrogens is 320 g/mol. The van der Waals surface area contributed by atoms with Crippen molar-refractivity contribution in [3.05, 3.63) is 35.9 Å². The van der Waals surface area contributed by atoms with E-state index in [1.165, 1.54) is 82.7 Å². The van der Waals surface area contributed by atoms with Crippen LogP contribution in [-0.2, 0) is 6.54 Å². The zero-order chi connectivity index (χ0) is 17.8. The molecule has 0 aromatic heterocycles. The predicted molar refractivity (Wildman–Crippen MR) is 112 cm³/mol. The molecule has 0 aliphatic carbocycles. The van der Waals surface area contributed by atoms with Gasteiger partial charge in [0.05, 0.1) is 0 Å². The minimum atomic E-state index is 1.01. The van der Waals surface area contributed by atoms with Gasteiger partial charge in [0, 0.05) is 16.8 Å². The van der Waals surface area contributed by atoms with Crippen molar-refractivity contribution in [3.63, 3.8) is 0 Å². The fourth-order valence-electron chi connectivity index (χ4n) is 3.08. The number of nitrogens with one attached hydrogen (secondary N) is 2. The predicted octanol–water partition coefficient (Wildman–Crippen LogP) is 5.24. The summed E-state index contributed by atoms with van der Waals surface area (Å²) >= 11 is 0. The zero-order valence-electron chi connectivity index (χ0n) is 16.2. The van der Waals surface area contributed by atoms with Crippen molar-refractivity contribution in [1.82, 2.24) is 10.6 Å². The first-order chi connectivity index (χ1) is 12.4. The lowest BCUT2D eigenvalue weighted by Crippen LogP contribution is -2.16. The second kappa shape index (κ2) is 18.2. The van der Waals surface area contributed by atoms with Crippen molar-refractivity contribution in [3.8, 4) is 0 Å². The van der Waals surface area contributed by atoms with Crippen LogP contribution < -0.4 is 10.6 Å². The van der Waals surface area contributed by atoms with E-state index in [4.69, 9.17) is 0 Å². The molecule has 2 nitrogen and oxygen atoms in total. The molecule has 25 heavy (non-hydrogen) atoms. The Bertz CT molecular complexity index is 370. The fraction of sp³-hybridized carbons (Fsp3) is 0.727. The van der Waals surface area contributed by atoms with Crippen LogP contribution >= 0.6 is 0 Å². The van der Waals surface area contributed by atoms with E-state index in [9.17, 15) is 0 Å². The van der Waals surface area contributed by atoms with E-state index in [0.29, 0.717) is 0 Å². The quantitative estimate of drug-likeness (QED) is 0.276. The molecule has 0 spiro atoms. The third kappa shape index (κ3) is 15.3. The average Bonchev–Trinajstić information content (AvgIpc) is 2.65. The van der Waals surface area contributed by atoms with Crippen molar-refractivity contribution in [2.24, 2.45) is 0 Å². The fourth-order valence-corrected chi connectivity index (χ4v) is 3.26. The summed E-state index contributed by atoms with van der Waals surface area (Å²) in [4.78, 5) is 0. The van der Waals surface area contributed by atoms with E-state index in [1.807, 2.05) is 0 Å². The Kier molecular flexibility index (Phi) is 16.3. The van der Waals surface area contributed by atoms with Crippen LogP contribution in [0.5, 0.6) is 0 Å². The van der Waals surface area contributed by atoms with Crippen LogP contribution in [0.25, 0.3) is 0 Å². The van der Waals surface area contributed by atoms with Crippen LogP contribution in [-0.4, -0.2) is 29.9 Å². The molecule has 0 unspecified atom stereocenters. The highest BCUT2D eigenvalue weighted by molar-refractivity contribution is 6.08. The molecule has 0 amide bonds. The minimum Gasteiger partial charge on any atom is -0.317 e. The molecule has 0 saturated heterocycles. The number of rotatable bonds is 18. The largest absolute Gasteiger partial charge is 0.317 e. The molecule has 1 rings (SSSR count). The SMILES string of the molecule is [Si]CCCNCCCCCCCCCCCCNCc1ccccc1. The van der Waals surface area contributed by atoms with E-state index >= 15 is 0 Å². The van der Waals surface area contributed by atoms with Gasteiger partial charge in [-0.25, -0.2) is 0 Å². The number of hydrogen-bond donors (Lipinski definition) is 2. The molecule has 0 saturated carbocycles. The lowest BCUT2D eigenvalue weighted by molar-refractivity contribution is 0.533. The van der Waals surface area contributed by atoms with Gasteiger partial charge in [-0.05, 0) is 44.5 Å². The van der Waals surface area contributed by atoms with Crippen LogP contribution in [0.3, 0.4) is 0 Å². The summed E-state index contributed by atoms with van der Waals surface area (Å²) in [6, 6.07) is 11.8. The minimum absolute atomic E-state index is 1.01. The van der Waals surface area contributed by atoms with Crippen LogP contribution in [0.2, 0.25) is 6.04 Å². The number of hydrogen-bond acceptors (Lipinski definition) is 2. The van der Waals surface area contributed by atoms with E-state index in [0.717, 1.165) is 25.7 Å². The maximum Gasteiger partial charge on any atom is 0.0222 e. The van der Waals surface area contributed by atoms with Crippen molar-refractivity contribution in [2.75, 3.05) is 19.6 Å². The van der Waals surface area contributed by atoms with Crippen LogP contribution in [0.15, 0.2) is 30.3 Å². The van der Waals surface area contributed by atoms with E-state index in [1.54, 1.807) is 0 Å². The second-order valence-electron chi connectivity index (χ2n) is 7.05. The van der Waals surface area contributed by atoms with Gasteiger partial charge in [0.25, 0.3) is 0 Å². The van der Waals surface area contributed by atoms with E-state index in [-0.39, 0.29) is 0 Å². The molecule has 1 aromatic carbocycles. The topological polar surface area (TPSA) is 24.1 Å². The second-order valence-corrected chi connectivity index (χ2v) is 7.55. The molecule has 0 bridgehead atoms. The molecule has 0 heterocycles. The molecule has 0 aliphatic rings. The smallest absolute Gasteiger partial charge is 0.0222 e. The maximum absolute atomic E-state index is 3.54. The summed E-state index contributed by atoms with van der Waals surface area (Å²) in [6.07, 6.45) is 15.2. The molecule has 0 fully saturated rings. The number of unbranched alkanes of at least 4 members (excludes halogenated alkanes) is 9. The summed E-state index contributed by atoms with van der Waals surface area (Å²) in [5.41, 5.74) is 1.39. The Morgan fingerprint density at radius 2 is 1.04 bits per heavy atom. The molecule has 0 aliphatic heterocycles. The maximum atomic E-state index is 3.54. The van der Waals surface area contributed by atoms with Gasteiger partial charge < -0.3 is 10.6 Å². The lowest BCUT2D eigenvalue weighted by Gasteiger charge is -2.05. The highest BCUT2D eigenvalue weighted by Gasteiger charge is 1.94. The van der Waals surface area contributed by atoms with Crippen molar-refractivity contribution in [1.29, 1.82) is 0 Å². The Morgan fingerprint density at radius 1 is 0.560 bits per heavy atom. The lowest BCUT2D eigenvalue weighted by atomic mass is 10.1. The van der Waals surface area contributed by atoms with Gasteiger partial charge in [-0.2, -0.15) is 0 Å². The van der Waals surface area contributed by atoms with E-state index < -0.39 is 0 Å². The van der Waals surface area contributed by atoms with Crippen molar-refractivity contribution in [2.45, 2.75) is 83.2 Å². The van der Waals surface area contributed by atoms with Crippen LogP contribution in [0, 0.1) is 0 Å². The van der Waals surface area contributed by atoms with Crippen LogP contribution in [0.4, 0.5) is 0 Å². The first kappa shape index (κ1) is 22.4. The summed E-state index contributed by atoms with van der Waals surface area (Å²) < 4.78 is 0. The third-order valence-electron chi connectivity index (χ3n) is 4.66. The van der Waals surface area contributed by atoms with Gasteiger partial charge in [-0.15, -0.1) is 0 Å². The third-order valence-corrected chi connectivity index (χ3v) is 5.01. The molecule has 1 aromatic rings. The number of benzene rings is 1. The summed E-state index contributed by atoms with van der Waals surface area (Å²) in [7, 11) is 3.50. The van der Waals surface area contributed by atoms with Gasteiger partial charge in [-0.1, -0.05) is 87.7 Å². The summed E-state index contributed by atoms with van der Waals surface area (Å²) in [5, 5.41) is 7.04. The summed E-state index contributed by atoms with van der Waals surface area (Å²) in [5.74, 6) is 0. The highest BCUT2D eigenvalue weighted by Crippen LogP contribution is 2.10. The van der Waals surface area contributed by atoms with Gasteiger partial charge in [0.1, 0.15) is 0 Å². The zero-order valence-corrected chi connectivity index (χ0v) is 17.2. The van der Waals surface area contributed by atoms with Crippen LogP contribution in [0.1, 0.15) is 76.2 Å². The first-order valence-electron chi connectivity index (χ1n) is 10.5. The van der Waals surface area contributed by atoms with Crippen molar-refractivity contribution < 1.29 is 0 Å². The first-order valence-corrected chi connectivity index (χ1v) is 11.2. The standard InChI is InChI=1S/C22H39N2Si/c25-20-14-19-23-17-12-7-5-3-1-2-4-6-8-13-18-24-21-22-15-10-9-11-16-22/h9-11,15-16,23-24H,1-8,12-14,17-21H2. The Labute approximate surface area is 160 Å². The average molecular weight is 360 g/mol. The molecule has 141 valence electrons. The highest BCUT2D eigenvalue weighted by atomic mass is 28.1. The molecule has 3 radical (unpaired) electrons. The van der Waals surface area contributed by atoms with Gasteiger partial charge in [0.2, 0.25) is 0 Å². The van der Waals surface area contributed by atoms with Gasteiger partial charge >= 0.3 is 0 Å². The Hall–Kier alpha value is -0.643. The molecule has 3 heteroatoms. The molecular formula is C22H39N2Si. The molecule has 2 N–H and O–H groups in total. The normalized spacial score (nSPS) is 11.1. The van der Waals surface area contributed by atoms with Crippen molar-refractivity contribution >= 4 is 10.2 Å². The van der Waals surface area contributed by atoms with E-state index in [2.05, 4.69) is 51.2 Å². The van der Waals surface area contributed by atoms with Gasteiger partial charge in [-0.3, -0.25) is 0 Å². The Morgan fingerprint density at radius 3 is 1.60 bits per heavy atom. The molecule has 0 atom stereocenters. The Balaban J connectivity index is 1.69. The summed E-state index contributed by atoms with van der Waals surface area (Å²) in [6.45, 7) is 4.51.